The zero-order chi connectivity index (χ0) is 41.2. The second kappa shape index (κ2) is 16.6. The number of likely N-dealkylation sites (N-methyl/N-ethyl adjacent to an activating group) is 1. The molecule has 304 valence electrons. The van der Waals surface area contributed by atoms with E-state index in [9.17, 15) is 24.3 Å². The number of imidazole rings is 2. The highest BCUT2D eigenvalue weighted by atomic mass is 16.5. The molecule has 0 unspecified atom stereocenters. The van der Waals surface area contributed by atoms with Crippen LogP contribution in [0.2, 0.25) is 0 Å². The zero-order valence-corrected chi connectivity index (χ0v) is 33.6. The first-order valence-corrected chi connectivity index (χ1v) is 19.7. The summed E-state index contributed by atoms with van der Waals surface area (Å²) in [5.41, 5.74) is 6.52. The molecule has 4 amide bonds. The molecule has 58 heavy (non-hydrogen) atoms. The van der Waals surface area contributed by atoms with Gasteiger partial charge >= 0.3 is 12.2 Å². The lowest BCUT2D eigenvalue weighted by Crippen LogP contribution is -2.51. The van der Waals surface area contributed by atoms with Crippen LogP contribution >= 0.6 is 0 Å². The van der Waals surface area contributed by atoms with Gasteiger partial charge in [0, 0.05) is 20.1 Å². The van der Waals surface area contributed by atoms with Crippen molar-refractivity contribution in [3.8, 4) is 33.8 Å². The van der Waals surface area contributed by atoms with E-state index in [-0.39, 0.29) is 35.7 Å². The van der Waals surface area contributed by atoms with Gasteiger partial charge in [0.2, 0.25) is 11.8 Å². The molecule has 16 nitrogen and oxygen atoms in total. The molecule has 5 aromatic rings. The molecule has 2 aliphatic rings. The highest BCUT2D eigenvalue weighted by Crippen LogP contribution is 2.35. The number of methoxy groups -OCH3 is 1. The highest BCUT2D eigenvalue weighted by Gasteiger charge is 2.40. The summed E-state index contributed by atoms with van der Waals surface area (Å²) in [5, 5.41) is 12.3. The number of nitrogens with zero attached hydrogens (tertiary/aromatic N) is 7. The Balaban J connectivity index is 1.03. The van der Waals surface area contributed by atoms with Gasteiger partial charge in [0.25, 0.3) is 0 Å². The third-order valence-corrected chi connectivity index (χ3v) is 11.2. The van der Waals surface area contributed by atoms with Gasteiger partial charge in [-0.25, -0.2) is 24.5 Å². The minimum Gasteiger partial charge on any atom is -0.465 e. The summed E-state index contributed by atoms with van der Waals surface area (Å²) in [6.45, 7) is 8.60. The number of hydrogen-bond donors (Lipinski definition) is 4. The Kier molecular flexibility index (Phi) is 11.5. The summed E-state index contributed by atoms with van der Waals surface area (Å²) in [5.74, 6) is 0.665. The molecule has 7 rings (SSSR count). The van der Waals surface area contributed by atoms with Crippen LogP contribution in [0.5, 0.6) is 0 Å². The smallest absolute Gasteiger partial charge is 0.407 e. The number of aromatic nitrogens is 6. The average Bonchev–Trinajstić information content (AvgIpc) is 4.06. The first kappa shape index (κ1) is 39.9. The lowest BCUT2D eigenvalue weighted by atomic mass is 10.0. The van der Waals surface area contributed by atoms with E-state index in [1.54, 1.807) is 28.4 Å². The van der Waals surface area contributed by atoms with Crippen LogP contribution < -0.4 is 5.32 Å². The molecule has 0 radical (unpaired) electrons. The quantitative estimate of drug-likeness (QED) is 0.116. The number of ether oxygens (including phenoxy) is 1. The van der Waals surface area contributed by atoms with Gasteiger partial charge in [-0.05, 0) is 66.3 Å². The van der Waals surface area contributed by atoms with Crippen LogP contribution in [0.3, 0.4) is 0 Å². The fraction of sp³-hybridized carbons (Fsp3) is 0.429. The van der Waals surface area contributed by atoms with E-state index < -0.39 is 24.3 Å². The van der Waals surface area contributed by atoms with Gasteiger partial charge in [-0.2, -0.15) is 0 Å². The molecule has 2 saturated heterocycles. The van der Waals surface area contributed by atoms with Crippen molar-refractivity contribution in [1.29, 1.82) is 0 Å². The summed E-state index contributed by atoms with van der Waals surface area (Å²) in [6, 6.07) is 12.1. The molecule has 0 spiro atoms. The van der Waals surface area contributed by atoms with Crippen LogP contribution in [0.1, 0.15) is 77.1 Å². The van der Waals surface area contributed by atoms with E-state index in [2.05, 4.69) is 25.3 Å². The average molecular weight is 791 g/mol. The van der Waals surface area contributed by atoms with E-state index >= 15 is 0 Å². The lowest BCUT2D eigenvalue weighted by molar-refractivity contribution is -0.138. The Hall–Kier alpha value is -6.32. The van der Waals surface area contributed by atoms with Crippen molar-refractivity contribution in [2.75, 3.05) is 27.2 Å². The number of amides is 4. The van der Waals surface area contributed by atoms with Crippen molar-refractivity contribution in [1.82, 2.24) is 49.9 Å². The summed E-state index contributed by atoms with van der Waals surface area (Å²) in [4.78, 5) is 81.2. The normalized spacial score (nSPS) is 17.9. The van der Waals surface area contributed by atoms with E-state index in [0.29, 0.717) is 36.1 Å². The Bertz CT molecular complexity index is 2300. The molecule has 2 aromatic carbocycles. The highest BCUT2D eigenvalue weighted by molar-refractivity contribution is 5.87. The topological polar surface area (TPSA) is 203 Å². The van der Waals surface area contributed by atoms with Crippen molar-refractivity contribution in [3.05, 3.63) is 72.7 Å². The van der Waals surface area contributed by atoms with Crippen molar-refractivity contribution in [2.24, 2.45) is 11.8 Å². The van der Waals surface area contributed by atoms with Gasteiger partial charge in [-0.15, -0.1) is 0 Å². The fourth-order valence-electron chi connectivity index (χ4n) is 8.15. The molecule has 0 bridgehead atoms. The third kappa shape index (κ3) is 7.95. The number of benzene rings is 2. The van der Waals surface area contributed by atoms with Crippen LogP contribution in [-0.2, 0) is 14.3 Å². The number of aromatic amines is 2. The standard InChI is InChI=1S/C42H50N10O6/c1-23(2)35(49-41(55)58-6)39(53)51-17-7-9-33(51)38-45-22-32(48-38)31-21-43-29-19-27(15-16-28(29)46-31)25-11-13-26(14-12-25)30-20-44-37(47-30)34-10-8-18-52(34)40(54)36(24(3)4)50(5)42(56)57/h11-16,19-24,33-36H,7-10,17-18H2,1-6H3,(H,44,47)(H,45,48)(H,49,55)(H,56,57)/t33-,34-,35-,36-/m0/s1. The van der Waals surface area contributed by atoms with Gasteiger partial charge in [0.1, 0.15) is 29.4 Å². The SMILES string of the molecule is COC(=O)N[C@H](C(=O)N1CCC[C@H]1c1ncc(-c2cnc3cc(-c4ccc(-c5cnc([C@@H]6CCCN6C(=O)[C@H](C(C)C)N(C)C(=O)O)[nH]5)cc4)ccc3n2)[nH]1)C(C)C. The summed E-state index contributed by atoms with van der Waals surface area (Å²) in [6.07, 6.45) is 6.54. The van der Waals surface area contributed by atoms with E-state index in [0.717, 1.165) is 64.0 Å². The number of alkyl carbamates (subject to hydrolysis) is 1. The largest absolute Gasteiger partial charge is 0.465 e. The summed E-state index contributed by atoms with van der Waals surface area (Å²) >= 11 is 0. The third-order valence-electron chi connectivity index (χ3n) is 11.2. The molecule has 16 heteroatoms. The second-order valence-electron chi connectivity index (χ2n) is 15.7. The monoisotopic (exact) mass is 790 g/mol. The number of carbonyl (C=O) groups is 4. The van der Waals surface area contributed by atoms with E-state index in [4.69, 9.17) is 14.7 Å². The summed E-state index contributed by atoms with van der Waals surface area (Å²) < 4.78 is 4.75. The Morgan fingerprint density at radius 3 is 1.97 bits per heavy atom. The Morgan fingerprint density at radius 1 is 0.776 bits per heavy atom. The number of rotatable bonds is 11. The van der Waals surface area contributed by atoms with Crippen LogP contribution in [0.4, 0.5) is 9.59 Å². The number of hydrogen-bond acceptors (Lipinski definition) is 9. The number of likely N-dealkylation sites (tertiary alicyclic amines) is 2. The summed E-state index contributed by atoms with van der Waals surface area (Å²) in [7, 11) is 2.72. The van der Waals surface area contributed by atoms with Crippen LogP contribution in [0.15, 0.2) is 61.1 Å². The minimum atomic E-state index is -1.13. The first-order valence-electron chi connectivity index (χ1n) is 19.7. The molecule has 2 aliphatic heterocycles. The van der Waals surface area contributed by atoms with Gasteiger partial charge < -0.3 is 34.9 Å². The number of carbonyl (C=O) groups excluding carboxylic acids is 3. The Labute approximate surface area is 336 Å². The predicted molar refractivity (Wildman–Crippen MR) is 216 cm³/mol. The molecule has 5 heterocycles. The molecule has 3 aromatic heterocycles. The lowest BCUT2D eigenvalue weighted by Gasteiger charge is -2.33. The van der Waals surface area contributed by atoms with Crippen LogP contribution in [-0.4, -0.2) is 113 Å². The van der Waals surface area contributed by atoms with Crippen molar-refractivity contribution >= 4 is 35.0 Å². The van der Waals surface area contributed by atoms with Crippen LogP contribution in [0, 0.1) is 11.8 Å². The molecule has 4 N–H and O–H groups in total. The van der Waals surface area contributed by atoms with Gasteiger partial charge in [0.15, 0.2) is 0 Å². The maximum atomic E-state index is 13.6. The van der Waals surface area contributed by atoms with Crippen molar-refractivity contribution < 1.29 is 29.0 Å². The first-order chi connectivity index (χ1) is 27.8. The molecular formula is C42H50N10O6. The predicted octanol–water partition coefficient (Wildman–Crippen LogP) is 6.42. The Morgan fingerprint density at radius 2 is 1.36 bits per heavy atom. The fourth-order valence-corrected chi connectivity index (χ4v) is 8.15. The molecule has 2 fully saturated rings. The van der Waals surface area contributed by atoms with Gasteiger partial charge in [-0.3, -0.25) is 19.5 Å². The zero-order valence-electron chi connectivity index (χ0n) is 33.6. The number of fused-ring (bicyclic) bond motifs is 1. The van der Waals surface area contributed by atoms with Gasteiger partial charge in [0.05, 0.1) is 60.2 Å². The molecule has 4 atom stereocenters. The maximum absolute atomic E-state index is 13.6. The van der Waals surface area contributed by atoms with Crippen molar-refractivity contribution in [2.45, 2.75) is 77.5 Å². The van der Waals surface area contributed by atoms with E-state index in [1.807, 2.05) is 70.2 Å². The van der Waals surface area contributed by atoms with Crippen LogP contribution in [0.25, 0.3) is 44.8 Å². The van der Waals surface area contributed by atoms with Gasteiger partial charge in [-0.1, -0.05) is 58.0 Å². The number of nitrogens with one attached hydrogen (secondary N) is 3. The van der Waals surface area contributed by atoms with Crippen molar-refractivity contribution in [3.63, 3.8) is 0 Å². The maximum Gasteiger partial charge on any atom is 0.407 e. The number of H-pyrrole nitrogens is 2. The molecule has 0 saturated carbocycles. The minimum absolute atomic E-state index is 0.126. The van der Waals surface area contributed by atoms with E-state index in [1.165, 1.54) is 14.2 Å². The molecule has 0 aliphatic carbocycles. The molecular weight excluding hydrogens is 741 g/mol. The second-order valence-corrected chi connectivity index (χ2v) is 15.7. The number of carboxylic acid groups (broad SMARTS) is 1.